The third-order valence-corrected chi connectivity index (χ3v) is 3.12. The maximum atomic E-state index is 11.7. The molecule has 0 atom stereocenters. The molecular weight excluding hydrogens is 244 g/mol. The average molecular weight is 260 g/mol. The highest BCUT2D eigenvalue weighted by molar-refractivity contribution is 7.12. The molecule has 1 aromatic heterocycles. The normalized spacial score (nSPS) is 9.22. The van der Waals surface area contributed by atoms with E-state index in [0.29, 0.717) is 10.4 Å². The van der Waals surface area contributed by atoms with E-state index in [4.69, 9.17) is 0 Å². The molecule has 2 aromatic rings. The molecule has 0 aliphatic carbocycles. The summed E-state index contributed by atoms with van der Waals surface area (Å²) >= 11 is 1.37. The van der Waals surface area contributed by atoms with Crippen molar-refractivity contribution < 1.29 is 9.59 Å². The van der Waals surface area contributed by atoms with Gasteiger partial charge in [-0.1, -0.05) is 50.2 Å². The zero-order valence-corrected chi connectivity index (χ0v) is 11.4. The lowest BCUT2D eigenvalue weighted by molar-refractivity contribution is 0.0896. The van der Waals surface area contributed by atoms with Crippen molar-refractivity contribution in [1.29, 1.82) is 0 Å². The maximum absolute atomic E-state index is 11.7. The van der Waals surface area contributed by atoms with Crippen LogP contribution in [0.4, 0.5) is 0 Å². The first-order valence-corrected chi connectivity index (χ1v) is 6.80. The van der Waals surface area contributed by atoms with E-state index in [9.17, 15) is 9.59 Å². The first-order valence-electron chi connectivity index (χ1n) is 5.92. The van der Waals surface area contributed by atoms with Crippen molar-refractivity contribution >= 4 is 22.9 Å². The van der Waals surface area contributed by atoms with Crippen LogP contribution in [0.25, 0.3) is 0 Å². The number of carbonyl (C=O) groups excluding carboxylic acids is 2. The van der Waals surface area contributed by atoms with E-state index in [1.54, 1.807) is 30.3 Å². The van der Waals surface area contributed by atoms with E-state index < -0.39 is 0 Å². The Hall–Kier alpha value is -1.74. The van der Waals surface area contributed by atoms with Crippen LogP contribution < -0.4 is 0 Å². The van der Waals surface area contributed by atoms with Gasteiger partial charge in [-0.3, -0.25) is 9.59 Å². The number of hydrogen-bond acceptors (Lipinski definition) is 3. The zero-order valence-electron chi connectivity index (χ0n) is 10.6. The summed E-state index contributed by atoms with van der Waals surface area (Å²) in [4.78, 5) is 24.1. The summed E-state index contributed by atoms with van der Waals surface area (Å²) in [6, 6.07) is 12.4. The fourth-order valence-corrected chi connectivity index (χ4v) is 2.06. The van der Waals surface area contributed by atoms with Gasteiger partial charge in [-0.15, -0.1) is 11.3 Å². The van der Waals surface area contributed by atoms with Crippen LogP contribution in [0, 0.1) is 0 Å². The van der Waals surface area contributed by atoms with Gasteiger partial charge >= 0.3 is 0 Å². The van der Waals surface area contributed by atoms with Gasteiger partial charge in [0.05, 0.1) is 11.3 Å². The summed E-state index contributed by atoms with van der Waals surface area (Å²) in [7, 11) is 0. The monoisotopic (exact) mass is 260 g/mol. The molecule has 0 amide bonds. The van der Waals surface area contributed by atoms with Crippen molar-refractivity contribution in [1.82, 2.24) is 0 Å². The van der Waals surface area contributed by atoms with Crippen molar-refractivity contribution in [2.75, 3.05) is 0 Å². The standard InChI is InChI=1S/C13H10O2S.C2H6/c14-11(10-5-2-1-3-6-10)9-12(15)13-7-4-8-16-13;1-2/h1-8H,9H2;1-2H3. The first kappa shape index (κ1) is 14.3. The Morgan fingerprint density at radius 1 is 0.944 bits per heavy atom. The van der Waals surface area contributed by atoms with Crippen LogP contribution in [0.5, 0.6) is 0 Å². The number of Topliss-reactive ketones (excluding diaryl/α,β-unsaturated/α-hetero) is 2. The quantitative estimate of drug-likeness (QED) is 0.609. The maximum Gasteiger partial charge on any atom is 0.180 e. The van der Waals surface area contributed by atoms with Crippen molar-refractivity contribution in [2.24, 2.45) is 0 Å². The molecule has 0 fully saturated rings. The molecule has 94 valence electrons. The topological polar surface area (TPSA) is 34.1 Å². The molecule has 3 heteroatoms. The Kier molecular flexibility index (Phi) is 6.01. The summed E-state index contributed by atoms with van der Waals surface area (Å²) in [5.74, 6) is -0.233. The predicted molar refractivity (Wildman–Crippen MR) is 75.4 cm³/mol. The van der Waals surface area contributed by atoms with Gasteiger partial charge in [0.2, 0.25) is 0 Å². The molecule has 0 bridgehead atoms. The summed E-state index contributed by atoms with van der Waals surface area (Å²) in [5, 5.41) is 1.83. The van der Waals surface area contributed by atoms with E-state index >= 15 is 0 Å². The number of rotatable bonds is 4. The number of ketones is 2. The Balaban J connectivity index is 0.000000771. The lowest BCUT2D eigenvalue weighted by Crippen LogP contribution is -2.07. The molecule has 1 heterocycles. The van der Waals surface area contributed by atoms with Crippen LogP contribution in [0.1, 0.15) is 40.3 Å². The molecule has 2 rings (SSSR count). The van der Waals surface area contributed by atoms with Gasteiger partial charge in [-0.2, -0.15) is 0 Å². The van der Waals surface area contributed by atoms with Crippen LogP contribution in [0.2, 0.25) is 0 Å². The Bertz CT molecular complexity index is 486. The third-order valence-electron chi connectivity index (χ3n) is 2.21. The minimum atomic E-state index is -0.126. The van der Waals surface area contributed by atoms with Gasteiger partial charge in [0.25, 0.3) is 0 Å². The molecule has 0 saturated carbocycles. The molecule has 0 aliphatic heterocycles. The van der Waals surface area contributed by atoms with Crippen LogP contribution in [0.15, 0.2) is 47.8 Å². The smallest absolute Gasteiger partial charge is 0.180 e. The minimum Gasteiger partial charge on any atom is -0.294 e. The first-order chi connectivity index (χ1) is 8.77. The predicted octanol–water partition coefficient (Wildman–Crippen LogP) is 4.23. The molecular formula is C15H16O2S. The number of thiophene rings is 1. The van der Waals surface area contributed by atoms with Crippen LogP contribution in [-0.4, -0.2) is 11.6 Å². The SMILES string of the molecule is CC.O=C(CC(=O)c1cccs1)c1ccccc1. The molecule has 0 aliphatic rings. The molecule has 18 heavy (non-hydrogen) atoms. The highest BCUT2D eigenvalue weighted by Gasteiger charge is 2.13. The molecule has 1 aromatic carbocycles. The highest BCUT2D eigenvalue weighted by atomic mass is 32.1. The lowest BCUT2D eigenvalue weighted by atomic mass is 10.1. The zero-order chi connectivity index (χ0) is 13.4. The fourth-order valence-electron chi connectivity index (χ4n) is 1.40. The van der Waals surface area contributed by atoms with E-state index in [-0.39, 0.29) is 18.0 Å². The third kappa shape index (κ3) is 3.93. The van der Waals surface area contributed by atoms with E-state index in [0.717, 1.165) is 0 Å². The molecule has 2 nitrogen and oxygen atoms in total. The summed E-state index contributed by atoms with van der Waals surface area (Å²) < 4.78 is 0. The van der Waals surface area contributed by atoms with Crippen molar-refractivity contribution in [3.8, 4) is 0 Å². The van der Waals surface area contributed by atoms with Crippen LogP contribution >= 0.6 is 11.3 Å². The van der Waals surface area contributed by atoms with Crippen molar-refractivity contribution in [2.45, 2.75) is 20.3 Å². The van der Waals surface area contributed by atoms with Gasteiger partial charge in [-0.05, 0) is 11.4 Å². The van der Waals surface area contributed by atoms with E-state index in [2.05, 4.69) is 0 Å². The van der Waals surface area contributed by atoms with Gasteiger partial charge in [-0.25, -0.2) is 0 Å². The molecule has 0 spiro atoms. The van der Waals surface area contributed by atoms with Gasteiger partial charge in [0.1, 0.15) is 0 Å². The van der Waals surface area contributed by atoms with E-state index in [1.165, 1.54) is 11.3 Å². The number of hydrogen-bond donors (Lipinski definition) is 0. The second kappa shape index (κ2) is 7.56. The van der Waals surface area contributed by atoms with E-state index in [1.807, 2.05) is 31.4 Å². The molecule has 0 N–H and O–H groups in total. The average Bonchev–Trinajstić information content (AvgIpc) is 2.96. The summed E-state index contributed by atoms with van der Waals surface area (Å²) in [5.41, 5.74) is 0.590. The summed E-state index contributed by atoms with van der Waals surface area (Å²) in [6.45, 7) is 4.00. The Morgan fingerprint density at radius 2 is 1.61 bits per heavy atom. The van der Waals surface area contributed by atoms with Crippen molar-refractivity contribution in [3.63, 3.8) is 0 Å². The minimum absolute atomic E-state index is 0.0511. The molecule has 0 radical (unpaired) electrons. The van der Waals surface area contributed by atoms with Crippen LogP contribution in [0.3, 0.4) is 0 Å². The fraction of sp³-hybridized carbons (Fsp3) is 0.200. The molecule has 0 saturated heterocycles. The van der Waals surface area contributed by atoms with Gasteiger partial charge in [0.15, 0.2) is 11.6 Å². The Morgan fingerprint density at radius 3 is 2.17 bits per heavy atom. The lowest BCUT2D eigenvalue weighted by Gasteiger charge is -1.98. The Labute approximate surface area is 111 Å². The largest absolute Gasteiger partial charge is 0.294 e. The number of benzene rings is 1. The van der Waals surface area contributed by atoms with Crippen molar-refractivity contribution in [3.05, 3.63) is 58.3 Å². The van der Waals surface area contributed by atoms with Crippen LogP contribution in [-0.2, 0) is 0 Å². The number of carbonyl (C=O) groups is 2. The second-order valence-electron chi connectivity index (χ2n) is 3.37. The molecule has 0 unspecified atom stereocenters. The highest BCUT2D eigenvalue weighted by Crippen LogP contribution is 2.13. The van der Waals surface area contributed by atoms with Gasteiger partial charge < -0.3 is 0 Å². The van der Waals surface area contributed by atoms with Gasteiger partial charge in [0, 0.05) is 5.56 Å². The second-order valence-corrected chi connectivity index (χ2v) is 4.31. The summed E-state index contributed by atoms with van der Waals surface area (Å²) in [6.07, 6.45) is -0.0511.